The zero-order valence-electron chi connectivity index (χ0n) is 14.4. The Bertz CT molecular complexity index is 713. The fourth-order valence-electron chi connectivity index (χ4n) is 2.61. The predicted molar refractivity (Wildman–Crippen MR) is 107 cm³/mol. The summed E-state index contributed by atoms with van der Waals surface area (Å²) >= 11 is 3.41. The number of unbranched alkanes of at least 4 members (excludes halogenated alkanes) is 2. The Morgan fingerprint density at radius 1 is 1.00 bits per heavy atom. The molecule has 0 saturated carbocycles. The molecule has 0 aliphatic heterocycles. The summed E-state index contributed by atoms with van der Waals surface area (Å²) in [5.41, 5.74) is 12.0. The van der Waals surface area contributed by atoms with Gasteiger partial charge in [-0.05, 0) is 73.2 Å². The van der Waals surface area contributed by atoms with Crippen LogP contribution in [0.2, 0.25) is 0 Å². The Balaban J connectivity index is 2.04. The minimum absolute atomic E-state index is 0.0868. The highest BCUT2D eigenvalue weighted by atomic mass is 79.9. The lowest BCUT2D eigenvalue weighted by atomic mass is 10.00. The first-order valence-corrected chi connectivity index (χ1v) is 9.46. The van der Waals surface area contributed by atoms with Crippen molar-refractivity contribution in [1.82, 2.24) is 0 Å². The molecule has 24 heavy (non-hydrogen) atoms. The van der Waals surface area contributed by atoms with Crippen LogP contribution in [0.1, 0.15) is 36.8 Å². The van der Waals surface area contributed by atoms with Gasteiger partial charge in [-0.15, -0.1) is 0 Å². The Morgan fingerprint density at radius 2 is 1.67 bits per heavy atom. The van der Waals surface area contributed by atoms with Gasteiger partial charge in [0.25, 0.3) is 0 Å². The third kappa shape index (κ3) is 5.10. The molecular weight excluding hydrogens is 364 g/mol. The summed E-state index contributed by atoms with van der Waals surface area (Å²) in [5, 5.41) is 4.02. The first-order chi connectivity index (χ1) is 11.5. The van der Waals surface area contributed by atoms with Crippen molar-refractivity contribution in [1.29, 1.82) is 0 Å². The van der Waals surface area contributed by atoms with Crippen LogP contribution in [0.3, 0.4) is 0 Å². The smallest absolute Gasteiger partial charge is 0.224 e. The van der Waals surface area contributed by atoms with Gasteiger partial charge in [-0.3, -0.25) is 4.79 Å². The molecule has 0 unspecified atom stereocenters. The van der Waals surface area contributed by atoms with Gasteiger partial charge in [-0.2, -0.15) is 0 Å². The SMILES string of the molecule is Cc1cc(-c2ccc(NC(=O)CCCCCBr)c(C)c2)ccc1N. The number of benzene rings is 2. The van der Waals surface area contributed by atoms with Crippen molar-refractivity contribution < 1.29 is 4.79 Å². The number of carbonyl (C=O) groups excluding carboxylic acids is 1. The number of nitrogens with two attached hydrogens (primary N) is 1. The second kappa shape index (κ2) is 8.88. The summed E-state index contributed by atoms with van der Waals surface area (Å²) in [6.45, 7) is 4.03. The van der Waals surface area contributed by atoms with Crippen LogP contribution in [0.5, 0.6) is 0 Å². The van der Waals surface area contributed by atoms with E-state index in [9.17, 15) is 4.79 Å². The van der Waals surface area contributed by atoms with Crippen molar-refractivity contribution in [2.24, 2.45) is 0 Å². The minimum Gasteiger partial charge on any atom is -0.399 e. The molecular formula is C20H25BrN2O. The summed E-state index contributed by atoms with van der Waals surface area (Å²) in [7, 11) is 0. The van der Waals surface area contributed by atoms with E-state index in [2.05, 4.69) is 33.4 Å². The zero-order chi connectivity index (χ0) is 17.5. The van der Waals surface area contributed by atoms with Crippen molar-refractivity contribution in [2.75, 3.05) is 16.4 Å². The number of nitrogen functional groups attached to an aromatic ring is 1. The fourth-order valence-corrected chi connectivity index (χ4v) is 3.00. The lowest BCUT2D eigenvalue weighted by molar-refractivity contribution is -0.116. The number of hydrogen-bond donors (Lipinski definition) is 2. The molecule has 0 bridgehead atoms. The monoisotopic (exact) mass is 388 g/mol. The second-order valence-corrected chi connectivity index (χ2v) is 6.94. The number of anilines is 2. The van der Waals surface area contributed by atoms with Crippen molar-refractivity contribution >= 4 is 33.2 Å². The molecule has 0 heterocycles. The summed E-state index contributed by atoms with van der Waals surface area (Å²) < 4.78 is 0. The Labute approximate surface area is 152 Å². The number of carbonyl (C=O) groups is 1. The molecule has 0 radical (unpaired) electrons. The van der Waals surface area contributed by atoms with Crippen LogP contribution >= 0.6 is 15.9 Å². The van der Waals surface area contributed by atoms with E-state index < -0.39 is 0 Å². The van der Waals surface area contributed by atoms with Crippen LogP contribution in [0.4, 0.5) is 11.4 Å². The van der Waals surface area contributed by atoms with Gasteiger partial charge in [0, 0.05) is 23.1 Å². The molecule has 2 rings (SSSR count). The highest BCUT2D eigenvalue weighted by Crippen LogP contribution is 2.27. The van der Waals surface area contributed by atoms with Crippen LogP contribution in [0.15, 0.2) is 36.4 Å². The van der Waals surface area contributed by atoms with E-state index in [1.54, 1.807) is 0 Å². The standard InChI is InChI=1S/C20H25BrN2O/c1-14-12-16(7-9-18(14)22)17-8-10-19(15(2)13-17)23-20(24)6-4-3-5-11-21/h7-10,12-13H,3-6,11,22H2,1-2H3,(H,23,24). The summed E-state index contributed by atoms with van der Waals surface area (Å²) in [4.78, 5) is 12.0. The number of amides is 1. The van der Waals surface area contributed by atoms with Crippen molar-refractivity contribution in [2.45, 2.75) is 39.5 Å². The third-order valence-electron chi connectivity index (χ3n) is 4.14. The highest BCUT2D eigenvalue weighted by molar-refractivity contribution is 9.09. The van der Waals surface area contributed by atoms with Crippen molar-refractivity contribution in [3.63, 3.8) is 0 Å². The van der Waals surface area contributed by atoms with E-state index in [-0.39, 0.29) is 5.91 Å². The molecule has 3 N–H and O–H groups in total. The molecule has 0 aromatic heterocycles. The lowest BCUT2D eigenvalue weighted by Gasteiger charge is -2.11. The quantitative estimate of drug-likeness (QED) is 0.376. The van der Waals surface area contributed by atoms with Gasteiger partial charge in [0.05, 0.1) is 0 Å². The predicted octanol–water partition coefficient (Wildman–Crippen LogP) is 5.45. The van der Waals surface area contributed by atoms with Gasteiger partial charge < -0.3 is 11.1 Å². The van der Waals surface area contributed by atoms with Gasteiger partial charge in [-0.1, -0.05) is 34.5 Å². The molecule has 0 aliphatic rings. The van der Waals surface area contributed by atoms with E-state index in [4.69, 9.17) is 5.73 Å². The number of halogens is 1. The van der Waals surface area contributed by atoms with Gasteiger partial charge in [0.15, 0.2) is 0 Å². The minimum atomic E-state index is 0.0868. The Hall–Kier alpha value is -1.81. The Morgan fingerprint density at radius 3 is 2.29 bits per heavy atom. The van der Waals surface area contributed by atoms with E-state index in [0.717, 1.165) is 58.2 Å². The normalized spacial score (nSPS) is 10.6. The van der Waals surface area contributed by atoms with E-state index in [1.807, 2.05) is 38.1 Å². The molecule has 0 spiro atoms. The highest BCUT2D eigenvalue weighted by Gasteiger charge is 2.07. The molecule has 4 heteroatoms. The molecule has 0 fully saturated rings. The maximum atomic E-state index is 12.0. The number of rotatable bonds is 7. The van der Waals surface area contributed by atoms with Gasteiger partial charge >= 0.3 is 0 Å². The fraction of sp³-hybridized carbons (Fsp3) is 0.350. The molecule has 0 atom stereocenters. The summed E-state index contributed by atoms with van der Waals surface area (Å²) in [6.07, 6.45) is 3.69. The van der Waals surface area contributed by atoms with Gasteiger partial charge in [0.1, 0.15) is 0 Å². The molecule has 3 nitrogen and oxygen atoms in total. The first-order valence-electron chi connectivity index (χ1n) is 8.34. The van der Waals surface area contributed by atoms with Crippen LogP contribution < -0.4 is 11.1 Å². The molecule has 0 saturated heterocycles. The topological polar surface area (TPSA) is 55.1 Å². The van der Waals surface area contributed by atoms with E-state index in [1.165, 1.54) is 0 Å². The first kappa shape index (κ1) is 18.5. The maximum absolute atomic E-state index is 12.0. The van der Waals surface area contributed by atoms with Crippen molar-refractivity contribution in [3.8, 4) is 11.1 Å². The van der Waals surface area contributed by atoms with Crippen LogP contribution in [0, 0.1) is 13.8 Å². The lowest BCUT2D eigenvalue weighted by Crippen LogP contribution is -2.12. The van der Waals surface area contributed by atoms with Crippen molar-refractivity contribution in [3.05, 3.63) is 47.5 Å². The van der Waals surface area contributed by atoms with Crippen LogP contribution in [0.25, 0.3) is 11.1 Å². The molecule has 128 valence electrons. The largest absolute Gasteiger partial charge is 0.399 e. The zero-order valence-corrected chi connectivity index (χ0v) is 15.9. The number of hydrogen-bond acceptors (Lipinski definition) is 2. The molecule has 2 aromatic carbocycles. The Kier molecular flexibility index (Phi) is 6.85. The average molecular weight is 389 g/mol. The third-order valence-corrected chi connectivity index (χ3v) is 4.70. The summed E-state index contributed by atoms with van der Waals surface area (Å²) in [5.74, 6) is 0.0868. The maximum Gasteiger partial charge on any atom is 0.224 e. The van der Waals surface area contributed by atoms with Crippen LogP contribution in [-0.2, 0) is 4.79 Å². The molecule has 0 aliphatic carbocycles. The van der Waals surface area contributed by atoms with Gasteiger partial charge in [-0.25, -0.2) is 0 Å². The van der Waals surface area contributed by atoms with E-state index in [0.29, 0.717) is 6.42 Å². The van der Waals surface area contributed by atoms with E-state index >= 15 is 0 Å². The van der Waals surface area contributed by atoms with Gasteiger partial charge in [0.2, 0.25) is 5.91 Å². The van der Waals surface area contributed by atoms with Crippen LogP contribution in [-0.4, -0.2) is 11.2 Å². The average Bonchev–Trinajstić information content (AvgIpc) is 2.56. The number of nitrogens with one attached hydrogen (secondary N) is 1. The summed E-state index contributed by atoms with van der Waals surface area (Å²) in [6, 6.07) is 12.2. The molecule has 2 aromatic rings. The number of aryl methyl sites for hydroxylation is 2. The second-order valence-electron chi connectivity index (χ2n) is 6.15. The number of alkyl halides is 1. The molecule has 1 amide bonds.